The Hall–Kier alpha value is -2.93. The highest BCUT2D eigenvalue weighted by atomic mass is 35.5. The first-order chi connectivity index (χ1) is 12.4. The zero-order valence-corrected chi connectivity index (χ0v) is 14.5. The van der Waals surface area contributed by atoms with Crippen molar-refractivity contribution >= 4 is 29.1 Å². The Kier molecular flexibility index (Phi) is 4.90. The van der Waals surface area contributed by atoms with Gasteiger partial charge in [-0.1, -0.05) is 23.7 Å². The van der Waals surface area contributed by atoms with Gasteiger partial charge in [0.2, 0.25) is 5.91 Å². The molecule has 0 heterocycles. The van der Waals surface area contributed by atoms with Gasteiger partial charge < -0.3 is 10.6 Å². The molecule has 2 aromatic rings. The summed E-state index contributed by atoms with van der Waals surface area (Å²) < 4.78 is 0. The molecule has 26 heavy (non-hydrogen) atoms. The minimum atomic E-state index is -0.556. The summed E-state index contributed by atoms with van der Waals surface area (Å²) in [5, 5.41) is 10.9. The van der Waals surface area contributed by atoms with E-state index in [4.69, 9.17) is 17.3 Å². The highest BCUT2D eigenvalue weighted by Gasteiger charge is 2.34. The summed E-state index contributed by atoms with van der Waals surface area (Å²) in [7, 11) is 0. The molecule has 3 rings (SSSR count). The number of rotatable bonds is 6. The van der Waals surface area contributed by atoms with Crippen LogP contribution in [-0.2, 0) is 6.54 Å². The van der Waals surface area contributed by atoms with Crippen molar-refractivity contribution in [1.29, 1.82) is 0 Å². The van der Waals surface area contributed by atoms with Crippen LogP contribution in [0.25, 0.3) is 0 Å². The van der Waals surface area contributed by atoms with Crippen molar-refractivity contribution in [2.75, 3.05) is 0 Å². The molecule has 2 aromatic carbocycles. The largest absolute Gasteiger partial charge is 0.366 e. The van der Waals surface area contributed by atoms with Crippen molar-refractivity contribution < 1.29 is 14.5 Å². The standard InChI is InChI=1S/C18H16ClN3O4/c19-16-9-14(22(25)26)7-8-15(16)18(24)21(13-5-6-13)10-11-1-3-12(4-2-11)17(20)23/h1-4,7-9,13H,5-6,10H2,(H2,20,23). The van der Waals surface area contributed by atoms with Crippen LogP contribution < -0.4 is 5.73 Å². The molecule has 1 saturated carbocycles. The average Bonchev–Trinajstić information content (AvgIpc) is 3.44. The molecule has 1 fully saturated rings. The molecule has 8 heteroatoms. The Balaban J connectivity index is 1.83. The smallest absolute Gasteiger partial charge is 0.270 e. The number of benzene rings is 2. The van der Waals surface area contributed by atoms with E-state index >= 15 is 0 Å². The number of nitrogens with zero attached hydrogens (tertiary/aromatic N) is 2. The van der Waals surface area contributed by atoms with Crippen LogP contribution in [-0.4, -0.2) is 27.7 Å². The molecule has 2 N–H and O–H groups in total. The van der Waals surface area contributed by atoms with Gasteiger partial charge in [-0.25, -0.2) is 0 Å². The highest BCUT2D eigenvalue weighted by Crippen LogP contribution is 2.32. The van der Waals surface area contributed by atoms with Gasteiger partial charge in [0, 0.05) is 30.3 Å². The zero-order valence-electron chi connectivity index (χ0n) is 13.7. The molecule has 0 aliphatic heterocycles. The Morgan fingerprint density at radius 1 is 1.19 bits per heavy atom. The molecule has 0 aromatic heterocycles. The second-order valence-electron chi connectivity index (χ2n) is 6.15. The SMILES string of the molecule is NC(=O)c1ccc(CN(C(=O)c2ccc([N+](=O)[O-])cc2Cl)C2CC2)cc1. The van der Waals surface area contributed by atoms with Crippen LogP contribution in [0.3, 0.4) is 0 Å². The van der Waals surface area contributed by atoms with Crippen LogP contribution in [0, 0.1) is 10.1 Å². The van der Waals surface area contributed by atoms with Crippen LogP contribution >= 0.6 is 11.6 Å². The molecule has 0 spiro atoms. The summed E-state index contributed by atoms with van der Waals surface area (Å²) in [6, 6.07) is 10.7. The number of nitrogens with two attached hydrogens (primary N) is 1. The van der Waals surface area contributed by atoms with Gasteiger partial charge in [-0.3, -0.25) is 19.7 Å². The Labute approximate surface area is 154 Å². The zero-order chi connectivity index (χ0) is 18.8. The third-order valence-corrected chi connectivity index (χ3v) is 4.55. The normalized spacial score (nSPS) is 13.3. The first-order valence-corrected chi connectivity index (χ1v) is 8.38. The summed E-state index contributed by atoms with van der Waals surface area (Å²) in [6.07, 6.45) is 1.80. The van der Waals surface area contributed by atoms with E-state index in [0.29, 0.717) is 12.1 Å². The minimum Gasteiger partial charge on any atom is -0.366 e. The first-order valence-electron chi connectivity index (χ1n) is 8.00. The number of amides is 2. The third-order valence-electron chi connectivity index (χ3n) is 4.23. The van der Waals surface area contributed by atoms with Crippen LogP contribution in [0.2, 0.25) is 5.02 Å². The monoisotopic (exact) mass is 373 g/mol. The molecule has 0 unspecified atom stereocenters. The van der Waals surface area contributed by atoms with E-state index in [0.717, 1.165) is 18.4 Å². The summed E-state index contributed by atoms with van der Waals surface area (Å²) >= 11 is 6.09. The Bertz CT molecular complexity index is 879. The number of non-ortho nitro benzene ring substituents is 1. The van der Waals surface area contributed by atoms with Crippen molar-refractivity contribution in [2.45, 2.75) is 25.4 Å². The fourth-order valence-corrected chi connectivity index (χ4v) is 2.93. The molecule has 0 radical (unpaired) electrons. The molecule has 134 valence electrons. The lowest BCUT2D eigenvalue weighted by atomic mass is 10.1. The lowest BCUT2D eigenvalue weighted by Crippen LogP contribution is -2.32. The predicted molar refractivity (Wildman–Crippen MR) is 96.0 cm³/mol. The van der Waals surface area contributed by atoms with Gasteiger partial charge in [-0.15, -0.1) is 0 Å². The van der Waals surface area contributed by atoms with Crippen molar-refractivity contribution in [3.63, 3.8) is 0 Å². The fourth-order valence-electron chi connectivity index (χ4n) is 2.67. The number of halogens is 1. The van der Waals surface area contributed by atoms with E-state index in [1.165, 1.54) is 18.2 Å². The quantitative estimate of drug-likeness (QED) is 0.619. The van der Waals surface area contributed by atoms with Crippen molar-refractivity contribution in [1.82, 2.24) is 4.90 Å². The number of primary amides is 1. The molecule has 1 aliphatic rings. The topological polar surface area (TPSA) is 107 Å². The molecular weight excluding hydrogens is 358 g/mol. The summed E-state index contributed by atoms with van der Waals surface area (Å²) in [6.45, 7) is 0.357. The number of carbonyl (C=O) groups excluding carboxylic acids is 2. The van der Waals surface area contributed by atoms with Gasteiger partial charge in [-0.05, 0) is 36.6 Å². The first kappa shape index (κ1) is 17.9. The van der Waals surface area contributed by atoms with E-state index in [1.54, 1.807) is 29.2 Å². The maximum atomic E-state index is 12.9. The van der Waals surface area contributed by atoms with Crippen LogP contribution in [0.4, 0.5) is 5.69 Å². The maximum absolute atomic E-state index is 12.9. The lowest BCUT2D eigenvalue weighted by Gasteiger charge is -2.23. The second-order valence-corrected chi connectivity index (χ2v) is 6.55. The summed E-state index contributed by atoms with van der Waals surface area (Å²) in [5.74, 6) is -0.782. The average molecular weight is 374 g/mol. The molecule has 0 saturated heterocycles. The second kappa shape index (κ2) is 7.13. The molecule has 1 aliphatic carbocycles. The third kappa shape index (κ3) is 3.83. The molecule has 0 atom stereocenters. The van der Waals surface area contributed by atoms with Gasteiger partial charge in [0.15, 0.2) is 0 Å². The fraction of sp³-hybridized carbons (Fsp3) is 0.222. The van der Waals surface area contributed by atoms with E-state index in [2.05, 4.69) is 0 Å². The lowest BCUT2D eigenvalue weighted by molar-refractivity contribution is -0.384. The van der Waals surface area contributed by atoms with Crippen molar-refractivity contribution in [3.8, 4) is 0 Å². The number of hydrogen-bond acceptors (Lipinski definition) is 4. The Morgan fingerprint density at radius 3 is 2.35 bits per heavy atom. The van der Waals surface area contributed by atoms with Gasteiger partial charge in [0.25, 0.3) is 11.6 Å². The van der Waals surface area contributed by atoms with E-state index in [-0.39, 0.29) is 28.2 Å². The molecule has 7 nitrogen and oxygen atoms in total. The van der Waals surface area contributed by atoms with Gasteiger partial charge >= 0.3 is 0 Å². The number of nitro benzene ring substituents is 1. The van der Waals surface area contributed by atoms with Gasteiger partial charge in [0.05, 0.1) is 15.5 Å². The van der Waals surface area contributed by atoms with Gasteiger partial charge in [-0.2, -0.15) is 0 Å². The van der Waals surface area contributed by atoms with Crippen LogP contribution in [0.5, 0.6) is 0 Å². The summed E-state index contributed by atoms with van der Waals surface area (Å²) in [4.78, 5) is 36.0. The maximum Gasteiger partial charge on any atom is 0.270 e. The molecule has 2 amide bonds. The predicted octanol–water partition coefficient (Wildman–Crippen LogP) is 3.15. The van der Waals surface area contributed by atoms with Crippen molar-refractivity contribution in [2.24, 2.45) is 5.73 Å². The minimum absolute atomic E-state index is 0.0546. The van der Waals surface area contributed by atoms with E-state index in [1.807, 2.05) is 0 Å². The highest BCUT2D eigenvalue weighted by molar-refractivity contribution is 6.34. The summed E-state index contributed by atoms with van der Waals surface area (Å²) in [5.41, 5.74) is 6.56. The van der Waals surface area contributed by atoms with E-state index < -0.39 is 10.8 Å². The Morgan fingerprint density at radius 2 is 1.85 bits per heavy atom. The van der Waals surface area contributed by atoms with Gasteiger partial charge in [0.1, 0.15) is 0 Å². The van der Waals surface area contributed by atoms with Crippen LogP contribution in [0.1, 0.15) is 39.1 Å². The molecule has 0 bridgehead atoms. The molecular formula is C18H16ClN3O4. The number of carbonyl (C=O) groups is 2. The van der Waals surface area contributed by atoms with Crippen LogP contribution in [0.15, 0.2) is 42.5 Å². The number of nitro groups is 1. The van der Waals surface area contributed by atoms with E-state index in [9.17, 15) is 19.7 Å². The van der Waals surface area contributed by atoms with Crippen molar-refractivity contribution in [3.05, 3.63) is 74.3 Å². The number of hydrogen-bond donors (Lipinski definition) is 1.